The van der Waals surface area contributed by atoms with E-state index in [1.54, 1.807) is 24.3 Å². The minimum atomic E-state index is -0.774. The van der Waals surface area contributed by atoms with Gasteiger partial charge >= 0.3 is 5.97 Å². The molecule has 1 aliphatic heterocycles. The molecule has 0 N–H and O–H groups in total. The van der Waals surface area contributed by atoms with Gasteiger partial charge in [0.15, 0.2) is 11.8 Å². The van der Waals surface area contributed by atoms with Crippen molar-refractivity contribution in [1.29, 1.82) is 0 Å². The number of carbonyl (C=O) groups excluding carboxylic acids is 4. The van der Waals surface area contributed by atoms with Crippen molar-refractivity contribution in [2.45, 2.75) is 30.3 Å². The number of hydrogen-bond donors (Lipinski definition) is 0. The van der Waals surface area contributed by atoms with Crippen molar-refractivity contribution in [1.82, 2.24) is 9.55 Å². The number of para-hydroxylation sites is 1. The molecule has 9 nitrogen and oxygen atoms in total. The molecule has 12 heteroatoms. The van der Waals surface area contributed by atoms with E-state index < -0.39 is 35.4 Å². The SMILES string of the molecule is CCn1c(SC2CC(=O)N(c3ccc(C(=O)OCC(=O)c4ccc(Cl)cc4Cl)cc3)C2=O)nc2ccccc2c1=O. The molecule has 1 fully saturated rings. The van der Waals surface area contributed by atoms with E-state index in [-0.39, 0.29) is 33.8 Å². The molecule has 0 radical (unpaired) electrons. The van der Waals surface area contributed by atoms with Gasteiger partial charge in [0.05, 0.1) is 27.2 Å². The fourth-order valence-corrected chi connectivity index (χ4v) is 6.06. The summed E-state index contributed by atoms with van der Waals surface area (Å²) in [7, 11) is 0. The number of thioether (sulfide) groups is 1. The number of fused-ring (bicyclic) bond motifs is 1. The van der Waals surface area contributed by atoms with Crippen LogP contribution in [-0.4, -0.2) is 45.0 Å². The monoisotopic (exact) mass is 609 g/mol. The highest BCUT2D eigenvalue weighted by atomic mass is 35.5. The van der Waals surface area contributed by atoms with Gasteiger partial charge in [-0.1, -0.05) is 47.1 Å². The van der Waals surface area contributed by atoms with Crippen LogP contribution in [-0.2, 0) is 20.9 Å². The minimum Gasteiger partial charge on any atom is -0.454 e. The number of Topliss-reactive ketones (excluding diaryl/α,β-unsaturated/α-hetero) is 1. The van der Waals surface area contributed by atoms with E-state index in [1.165, 1.54) is 47.0 Å². The Morgan fingerprint density at radius 3 is 2.46 bits per heavy atom. The molecule has 1 saturated heterocycles. The van der Waals surface area contributed by atoms with E-state index in [9.17, 15) is 24.0 Å². The molecule has 1 aromatic heterocycles. The van der Waals surface area contributed by atoms with Crippen LogP contribution in [0.4, 0.5) is 5.69 Å². The van der Waals surface area contributed by atoms with Crippen molar-refractivity contribution in [3.8, 4) is 0 Å². The van der Waals surface area contributed by atoms with Gasteiger partial charge in [0.2, 0.25) is 17.6 Å². The summed E-state index contributed by atoms with van der Waals surface area (Å²) in [5, 5.41) is 0.579. The number of amides is 2. The number of ether oxygens (including phenoxy) is 1. The highest BCUT2D eigenvalue weighted by molar-refractivity contribution is 8.00. The summed E-state index contributed by atoms with van der Waals surface area (Å²) in [5.41, 5.74) is 0.880. The first kappa shape index (κ1) is 28.5. The van der Waals surface area contributed by atoms with Crippen LogP contribution in [0.5, 0.6) is 0 Å². The van der Waals surface area contributed by atoms with Gasteiger partial charge in [-0.3, -0.25) is 23.7 Å². The molecular weight excluding hydrogens is 589 g/mol. The van der Waals surface area contributed by atoms with E-state index in [0.29, 0.717) is 27.6 Å². The molecule has 0 bridgehead atoms. The van der Waals surface area contributed by atoms with E-state index in [2.05, 4.69) is 4.98 Å². The van der Waals surface area contributed by atoms with Crippen LogP contribution < -0.4 is 10.5 Å². The molecule has 4 aromatic rings. The highest BCUT2D eigenvalue weighted by Crippen LogP contribution is 2.33. The summed E-state index contributed by atoms with van der Waals surface area (Å²) in [6.07, 6.45) is -0.0743. The first-order valence-corrected chi connectivity index (χ1v) is 14.1. The van der Waals surface area contributed by atoms with Gasteiger partial charge < -0.3 is 4.74 Å². The van der Waals surface area contributed by atoms with Crippen LogP contribution >= 0.6 is 35.0 Å². The first-order chi connectivity index (χ1) is 19.7. The maximum absolute atomic E-state index is 13.3. The highest BCUT2D eigenvalue weighted by Gasteiger charge is 2.41. The number of benzene rings is 3. The number of rotatable bonds is 8. The molecule has 1 unspecified atom stereocenters. The van der Waals surface area contributed by atoms with E-state index in [1.807, 2.05) is 6.92 Å². The predicted octanol–water partition coefficient (Wildman–Crippen LogP) is 5.19. The molecule has 1 atom stereocenters. The summed E-state index contributed by atoms with van der Waals surface area (Å²) < 4.78 is 6.60. The Labute approximate surface area is 248 Å². The zero-order chi connectivity index (χ0) is 29.3. The number of esters is 1. The quantitative estimate of drug-likeness (QED) is 0.116. The van der Waals surface area contributed by atoms with Gasteiger partial charge in [-0.15, -0.1) is 0 Å². The van der Waals surface area contributed by atoms with Crippen molar-refractivity contribution in [2.24, 2.45) is 0 Å². The third-order valence-electron chi connectivity index (χ3n) is 6.42. The Kier molecular flexibility index (Phi) is 8.25. The maximum atomic E-state index is 13.3. The summed E-state index contributed by atoms with van der Waals surface area (Å²) in [6, 6.07) is 17.0. The molecule has 2 heterocycles. The van der Waals surface area contributed by atoms with Crippen molar-refractivity contribution >= 4 is 75.1 Å². The predicted molar refractivity (Wildman–Crippen MR) is 156 cm³/mol. The molecule has 2 amide bonds. The number of ketones is 1. The smallest absolute Gasteiger partial charge is 0.338 e. The normalized spacial score (nSPS) is 15.0. The second kappa shape index (κ2) is 11.9. The molecule has 0 aliphatic carbocycles. The van der Waals surface area contributed by atoms with Crippen LogP contribution in [0, 0.1) is 0 Å². The third kappa shape index (κ3) is 5.76. The average Bonchev–Trinajstić information content (AvgIpc) is 3.23. The second-order valence-corrected chi connectivity index (χ2v) is 11.0. The van der Waals surface area contributed by atoms with Gasteiger partial charge in [-0.2, -0.15) is 0 Å². The number of carbonyl (C=O) groups is 4. The zero-order valence-corrected chi connectivity index (χ0v) is 23.8. The lowest BCUT2D eigenvalue weighted by molar-refractivity contribution is -0.121. The molecule has 5 rings (SSSR count). The van der Waals surface area contributed by atoms with Crippen LogP contribution in [0.1, 0.15) is 34.1 Å². The van der Waals surface area contributed by atoms with Gasteiger partial charge in [0, 0.05) is 23.6 Å². The largest absolute Gasteiger partial charge is 0.454 e. The molecule has 41 heavy (non-hydrogen) atoms. The minimum absolute atomic E-state index is 0.0743. The van der Waals surface area contributed by atoms with Crippen molar-refractivity contribution in [3.63, 3.8) is 0 Å². The number of anilines is 1. The molecular formula is C29H21Cl2N3O6S. The Bertz CT molecular complexity index is 1770. The Hall–Kier alpha value is -3.99. The molecule has 0 spiro atoms. The lowest BCUT2D eigenvalue weighted by Crippen LogP contribution is -2.31. The summed E-state index contributed by atoms with van der Waals surface area (Å²) in [4.78, 5) is 69.6. The fraction of sp³-hybridized carbons (Fsp3) is 0.172. The van der Waals surface area contributed by atoms with E-state index in [0.717, 1.165) is 16.7 Å². The van der Waals surface area contributed by atoms with Crippen LogP contribution in [0.15, 0.2) is 76.7 Å². The Balaban J connectivity index is 1.27. The number of aromatic nitrogens is 2. The van der Waals surface area contributed by atoms with E-state index in [4.69, 9.17) is 27.9 Å². The topological polar surface area (TPSA) is 116 Å². The van der Waals surface area contributed by atoms with Gasteiger partial charge in [0.1, 0.15) is 5.25 Å². The van der Waals surface area contributed by atoms with Crippen LogP contribution in [0.25, 0.3) is 10.9 Å². The molecule has 1 aliphatic rings. The standard InChI is InChI=1S/C29H21Cl2N3O6S/c1-2-33-26(37)20-5-3-4-6-22(20)32-29(33)41-24-14-25(36)34(27(24)38)18-10-7-16(8-11-18)28(39)40-15-23(35)19-12-9-17(30)13-21(19)31/h3-13,24H,2,14-15H2,1H3. The van der Waals surface area contributed by atoms with Crippen molar-refractivity contribution in [3.05, 3.63) is 98.3 Å². The van der Waals surface area contributed by atoms with E-state index >= 15 is 0 Å². The van der Waals surface area contributed by atoms with Crippen LogP contribution in [0.2, 0.25) is 10.0 Å². The van der Waals surface area contributed by atoms with Gasteiger partial charge in [-0.25, -0.2) is 14.7 Å². The summed E-state index contributed by atoms with van der Waals surface area (Å²) in [6.45, 7) is 1.63. The summed E-state index contributed by atoms with van der Waals surface area (Å²) >= 11 is 13.0. The number of nitrogens with zero attached hydrogens (tertiary/aromatic N) is 3. The fourth-order valence-electron chi connectivity index (χ4n) is 4.37. The first-order valence-electron chi connectivity index (χ1n) is 12.5. The lowest BCUT2D eigenvalue weighted by Gasteiger charge is -2.16. The molecule has 208 valence electrons. The number of halogens is 2. The Morgan fingerprint density at radius 1 is 1.02 bits per heavy atom. The van der Waals surface area contributed by atoms with Crippen molar-refractivity contribution in [2.75, 3.05) is 11.5 Å². The number of imide groups is 1. The lowest BCUT2D eigenvalue weighted by atomic mass is 10.1. The summed E-state index contributed by atoms with van der Waals surface area (Å²) in [5.74, 6) is -2.13. The van der Waals surface area contributed by atoms with Gasteiger partial charge in [0.25, 0.3) is 5.56 Å². The second-order valence-electron chi connectivity index (χ2n) is 9.01. The maximum Gasteiger partial charge on any atom is 0.338 e. The molecule has 3 aromatic carbocycles. The third-order valence-corrected chi connectivity index (χ3v) is 8.15. The number of hydrogen-bond acceptors (Lipinski definition) is 8. The van der Waals surface area contributed by atoms with Crippen molar-refractivity contribution < 1.29 is 23.9 Å². The molecule has 0 saturated carbocycles. The van der Waals surface area contributed by atoms with Crippen LogP contribution in [0.3, 0.4) is 0 Å². The zero-order valence-electron chi connectivity index (χ0n) is 21.5. The van der Waals surface area contributed by atoms with Gasteiger partial charge in [-0.05, 0) is 61.5 Å². The average molecular weight is 610 g/mol. The Morgan fingerprint density at radius 2 is 1.76 bits per heavy atom.